The van der Waals surface area contributed by atoms with Crippen LogP contribution in [0, 0.1) is 0 Å². The number of hydrogen-bond acceptors (Lipinski definition) is 5. The first-order valence-electron chi connectivity index (χ1n) is 6.68. The van der Waals surface area contributed by atoms with Crippen LogP contribution in [0.3, 0.4) is 0 Å². The van der Waals surface area contributed by atoms with Crippen molar-refractivity contribution in [1.82, 2.24) is 14.6 Å². The van der Waals surface area contributed by atoms with Gasteiger partial charge in [0.05, 0.1) is 12.2 Å². The molecule has 2 rings (SSSR count). The van der Waals surface area contributed by atoms with E-state index in [1.165, 1.54) is 4.31 Å². The van der Waals surface area contributed by atoms with Crippen molar-refractivity contribution in [2.24, 2.45) is 0 Å². The van der Waals surface area contributed by atoms with Gasteiger partial charge in [0.2, 0.25) is 0 Å². The van der Waals surface area contributed by atoms with Crippen molar-refractivity contribution < 1.29 is 13.2 Å². The average Bonchev–Trinajstić information content (AvgIpc) is 2.38. The molecular weight excluding hydrogens is 278 g/mol. The van der Waals surface area contributed by atoms with E-state index < -0.39 is 10.0 Å². The molecule has 1 aromatic rings. The molecule has 1 aromatic heterocycles. The van der Waals surface area contributed by atoms with Gasteiger partial charge < -0.3 is 10.1 Å². The van der Waals surface area contributed by atoms with Gasteiger partial charge in [-0.3, -0.25) is 0 Å². The number of ether oxygens (including phenoxy) is 1. The largest absolute Gasteiger partial charge is 0.373 e. The summed E-state index contributed by atoms with van der Waals surface area (Å²) in [7, 11) is -1.70. The molecule has 1 fully saturated rings. The Kier molecular flexibility index (Phi) is 4.74. The van der Waals surface area contributed by atoms with Crippen molar-refractivity contribution in [3.05, 3.63) is 23.9 Å². The predicted octanol–water partition coefficient (Wildman–Crippen LogP) is 0.599. The number of hydrogen-bond donors (Lipinski definition) is 1. The van der Waals surface area contributed by atoms with E-state index in [0.29, 0.717) is 19.6 Å². The van der Waals surface area contributed by atoms with Gasteiger partial charge in [0, 0.05) is 25.8 Å². The third-order valence-corrected chi connectivity index (χ3v) is 4.92. The SMILES string of the molecule is CNCc1ccc(S(=O)(=O)N2C[C@@H](C)O[C@@H](C)C2)nc1. The summed E-state index contributed by atoms with van der Waals surface area (Å²) < 4.78 is 32.1. The molecule has 0 spiro atoms. The van der Waals surface area contributed by atoms with Crippen LogP contribution in [0.5, 0.6) is 0 Å². The zero-order valence-electron chi connectivity index (χ0n) is 12.0. The second-order valence-electron chi connectivity index (χ2n) is 5.11. The molecule has 1 aliphatic heterocycles. The molecule has 1 saturated heterocycles. The van der Waals surface area contributed by atoms with Gasteiger partial charge >= 0.3 is 0 Å². The monoisotopic (exact) mass is 299 g/mol. The van der Waals surface area contributed by atoms with Gasteiger partial charge in [-0.1, -0.05) is 6.07 Å². The summed E-state index contributed by atoms with van der Waals surface area (Å²) in [6.07, 6.45) is 1.39. The number of pyridine rings is 1. The van der Waals surface area contributed by atoms with Crippen molar-refractivity contribution in [3.8, 4) is 0 Å². The third kappa shape index (κ3) is 3.35. The van der Waals surface area contributed by atoms with Gasteiger partial charge in [0.25, 0.3) is 10.0 Å². The van der Waals surface area contributed by atoms with Crippen molar-refractivity contribution in [1.29, 1.82) is 0 Å². The molecule has 112 valence electrons. The zero-order valence-corrected chi connectivity index (χ0v) is 12.9. The van der Waals surface area contributed by atoms with Gasteiger partial charge in [-0.15, -0.1) is 0 Å². The van der Waals surface area contributed by atoms with E-state index in [-0.39, 0.29) is 17.2 Å². The van der Waals surface area contributed by atoms with E-state index in [9.17, 15) is 8.42 Å². The minimum Gasteiger partial charge on any atom is -0.373 e. The van der Waals surface area contributed by atoms with Crippen LogP contribution >= 0.6 is 0 Å². The number of sulfonamides is 1. The van der Waals surface area contributed by atoms with Crippen LogP contribution in [0.1, 0.15) is 19.4 Å². The minimum atomic E-state index is -3.54. The van der Waals surface area contributed by atoms with E-state index in [1.807, 2.05) is 20.9 Å². The maximum Gasteiger partial charge on any atom is 0.260 e. The average molecular weight is 299 g/mol. The Labute approximate surface area is 120 Å². The fraction of sp³-hybridized carbons (Fsp3) is 0.615. The summed E-state index contributed by atoms with van der Waals surface area (Å²) in [5, 5.41) is 3.10. The molecule has 7 heteroatoms. The Morgan fingerprint density at radius 1 is 1.35 bits per heavy atom. The first kappa shape index (κ1) is 15.4. The normalized spacial score (nSPS) is 24.8. The van der Waals surface area contributed by atoms with E-state index in [1.54, 1.807) is 18.3 Å². The molecule has 0 saturated carbocycles. The summed E-state index contributed by atoms with van der Waals surface area (Å²) in [6.45, 7) is 5.15. The first-order valence-corrected chi connectivity index (χ1v) is 8.12. The highest BCUT2D eigenvalue weighted by Gasteiger charge is 2.32. The van der Waals surface area contributed by atoms with Gasteiger partial charge in [-0.2, -0.15) is 4.31 Å². The number of nitrogens with zero attached hydrogens (tertiary/aromatic N) is 2. The predicted molar refractivity (Wildman–Crippen MR) is 75.8 cm³/mol. The van der Waals surface area contributed by atoms with Gasteiger partial charge in [-0.25, -0.2) is 13.4 Å². The van der Waals surface area contributed by atoms with Crippen molar-refractivity contribution in [2.45, 2.75) is 37.6 Å². The number of rotatable bonds is 4. The molecule has 2 atom stereocenters. The number of nitrogens with one attached hydrogen (secondary N) is 1. The van der Waals surface area contributed by atoms with Gasteiger partial charge in [0.15, 0.2) is 5.03 Å². The first-order chi connectivity index (χ1) is 9.43. The van der Waals surface area contributed by atoms with Crippen LogP contribution < -0.4 is 5.32 Å². The van der Waals surface area contributed by atoms with Crippen molar-refractivity contribution >= 4 is 10.0 Å². The molecule has 20 heavy (non-hydrogen) atoms. The Hall–Kier alpha value is -1.02. The molecule has 6 nitrogen and oxygen atoms in total. The van der Waals surface area contributed by atoms with Crippen molar-refractivity contribution in [2.75, 3.05) is 20.1 Å². The van der Waals surface area contributed by atoms with Crippen LogP contribution in [0.15, 0.2) is 23.4 Å². The molecule has 0 unspecified atom stereocenters. The molecule has 0 bridgehead atoms. The summed E-state index contributed by atoms with van der Waals surface area (Å²) in [5.41, 5.74) is 0.954. The minimum absolute atomic E-state index is 0.0960. The van der Waals surface area contributed by atoms with E-state index in [2.05, 4.69) is 10.3 Å². The lowest BCUT2D eigenvalue weighted by Gasteiger charge is -2.34. The summed E-state index contributed by atoms with van der Waals surface area (Å²) in [5.74, 6) is 0. The van der Waals surface area contributed by atoms with Crippen LogP contribution in [0.4, 0.5) is 0 Å². The number of morpholine rings is 1. The quantitative estimate of drug-likeness (QED) is 0.881. The molecule has 0 radical (unpaired) electrons. The molecular formula is C13H21N3O3S. The molecule has 1 aliphatic rings. The molecule has 0 aromatic carbocycles. The van der Waals surface area contributed by atoms with E-state index in [4.69, 9.17) is 4.74 Å². The summed E-state index contributed by atoms with van der Waals surface area (Å²) >= 11 is 0. The molecule has 0 amide bonds. The van der Waals surface area contributed by atoms with Crippen LogP contribution in [0.25, 0.3) is 0 Å². The highest BCUT2D eigenvalue weighted by Crippen LogP contribution is 2.19. The number of aromatic nitrogens is 1. The van der Waals surface area contributed by atoms with Crippen molar-refractivity contribution in [3.63, 3.8) is 0 Å². The topological polar surface area (TPSA) is 71.5 Å². The smallest absolute Gasteiger partial charge is 0.260 e. The summed E-state index contributed by atoms with van der Waals surface area (Å²) in [6, 6.07) is 3.34. The van der Waals surface area contributed by atoms with Crippen LogP contribution in [0.2, 0.25) is 0 Å². The second kappa shape index (κ2) is 6.17. The lowest BCUT2D eigenvalue weighted by atomic mass is 10.3. The highest BCUT2D eigenvalue weighted by atomic mass is 32.2. The maximum atomic E-state index is 12.5. The standard InChI is InChI=1S/C13H21N3O3S/c1-10-8-16(9-11(2)19-10)20(17,18)13-5-4-12(6-14-3)7-15-13/h4-5,7,10-11,14H,6,8-9H2,1-3H3/t10-,11+. The fourth-order valence-corrected chi connectivity index (χ4v) is 3.83. The van der Waals surface area contributed by atoms with Crippen LogP contribution in [-0.4, -0.2) is 50.1 Å². The summed E-state index contributed by atoms with van der Waals surface area (Å²) in [4.78, 5) is 4.08. The molecule has 0 aliphatic carbocycles. The maximum absolute atomic E-state index is 12.5. The fourth-order valence-electron chi connectivity index (χ4n) is 2.33. The Balaban J connectivity index is 2.21. The Morgan fingerprint density at radius 2 is 2.00 bits per heavy atom. The zero-order chi connectivity index (χ0) is 14.8. The third-order valence-electron chi connectivity index (χ3n) is 3.17. The van der Waals surface area contributed by atoms with E-state index >= 15 is 0 Å². The Morgan fingerprint density at radius 3 is 2.50 bits per heavy atom. The molecule has 1 N–H and O–H groups in total. The lowest BCUT2D eigenvalue weighted by molar-refractivity contribution is -0.0441. The van der Waals surface area contributed by atoms with Gasteiger partial charge in [0.1, 0.15) is 0 Å². The van der Waals surface area contributed by atoms with Gasteiger partial charge in [-0.05, 0) is 32.5 Å². The van der Waals surface area contributed by atoms with Crippen LogP contribution in [-0.2, 0) is 21.3 Å². The molecule has 2 heterocycles. The second-order valence-corrected chi connectivity index (χ2v) is 7.00. The highest BCUT2D eigenvalue weighted by molar-refractivity contribution is 7.89. The van der Waals surface area contributed by atoms with E-state index in [0.717, 1.165) is 5.56 Å². The lowest BCUT2D eigenvalue weighted by Crippen LogP contribution is -2.48. The Bertz CT molecular complexity index is 534.